The average Bonchev–Trinajstić information content (AvgIpc) is 2.73. The molecule has 0 amide bonds. The SMILES string of the molecule is Cc1ccc([PH]2(O)Oc3c(cc(C)cc3C(C)(C)C)Cc3cc(C)cc(C(C)(C)C)c3O2)c(C(C)(C)C)c1. The molecule has 0 aromatic heterocycles. The van der Waals surface area contributed by atoms with Crippen LogP contribution in [0.15, 0.2) is 42.5 Å². The van der Waals surface area contributed by atoms with Gasteiger partial charge in [-0.2, -0.15) is 0 Å². The summed E-state index contributed by atoms with van der Waals surface area (Å²) in [5, 5.41) is 0.773. The Morgan fingerprint density at radius 2 is 0.974 bits per heavy atom. The summed E-state index contributed by atoms with van der Waals surface area (Å²) >= 11 is 0. The van der Waals surface area contributed by atoms with E-state index in [0.29, 0.717) is 6.42 Å². The van der Waals surface area contributed by atoms with Gasteiger partial charge < -0.3 is 0 Å². The van der Waals surface area contributed by atoms with Crippen molar-refractivity contribution < 1.29 is 13.9 Å². The fourth-order valence-corrected chi connectivity index (χ4v) is 7.86. The Hall–Kier alpha value is -2.35. The molecule has 0 bridgehead atoms. The van der Waals surface area contributed by atoms with Gasteiger partial charge in [0.15, 0.2) is 0 Å². The topological polar surface area (TPSA) is 38.7 Å². The standard InChI is InChI=1S/C34H47O3P/c1-21-13-14-29(26(17-21)32(4,5)6)38(35)36-30-24(15-22(2)18-27(30)33(7,8)9)20-25-16-23(3)19-28(31(25)37-38)34(10,11)12/h13-19,35,38H,20H2,1-12H3. The third kappa shape index (κ3) is 5.51. The first-order valence-corrected chi connectivity index (χ1v) is 15.6. The maximum absolute atomic E-state index is 12.8. The molecule has 4 rings (SSSR count). The van der Waals surface area contributed by atoms with Crippen LogP contribution < -0.4 is 14.4 Å². The molecule has 1 N–H and O–H groups in total. The van der Waals surface area contributed by atoms with Crippen LogP contribution in [0.3, 0.4) is 0 Å². The molecule has 1 heterocycles. The van der Waals surface area contributed by atoms with Crippen LogP contribution in [0, 0.1) is 20.8 Å². The molecular formula is C34H47O3P. The number of hydrogen-bond donors (Lipinski definition) is 1. The second kappa shape index (κ2) is 9.39. The second-order valence-corrected chi connectivity index (χ2v) is 16.5. The van der Waals surface area contributed by atoms with Gasteiger partial charge in [-0.1, -0.05) is 0 Å². The van der Waals surface area contributed by atoms with Crippen molar-refractivity contribution in [3.63, 3.8) is 0 Å². The molecule has 0 saturated heterocycles. The van der Waals surface area contributed by atoms with Crippen LogP contribution in [0.1, 0.15) is 107 Å². The summed E-state index contributed by atoms with van der Waals surface area (Å²) in [6.07, 6.45) is 0.685. The van der Waals surface area contributed by atoms with Gasteiger partial charge in [-0.25, -0.2) is 0 Å². The van der Waals surface area contributed by atoms with Crippen molar-refractivity contribution in [2.45, 2.75) is 106 Å². The second-order valence-electron chi connectivity index (χ2n) is 14.4. The Kier molecular flexibility index (Phi) is 7.08. The number of benzene rings is 3. The molecule has 0 spiro atoms. The van der Waals surface area contributed by atoms with Crippen LogP contribution >= 0.6 is 7.94 Å². The van der Waals surface area contributed by atoms with Crippen molar-refractivity contribution in [3.8, 4) is 11.5 Å². The van der Waals surface area contributed by atoms with Crippen molar-refractivity contribution in [3.05, 3.63) is 87.0 Å². The fourth-order valence-electron chi connectivity index (χ4n) is 5.48. The zero-order chi connectivity index (χ0) is 28.4. The molecule has 0 aliphatic carbocycles. The van der Waals surface area contributed by atoms with Gasteiger partial charge in [-0.15, -0.1) is 0 Å². The van der Waals surface area contributed by atoms with E-state index in [1.807, 2.05) is 6.07 Å². The van der Waals surface area contributed by atoms with Crippen LogP contribution in [-0.2, 0) is 22.7 Å². The van der Waals surface area contributed by atoms with E-state index < -0.39 is 7.94 Å². The molecule has 38 heavy (non-hydrogen) atoms. The third-order valence-corrected chi connectivity index (χ3v) is 9.50. The normalized spacial score (nSPS) is 16.3. The molecule has 1 aliphatic heterocycles. The van der Waals surface area contributed by atoms with Gasteiger partial charge in [0.2, 0.25) is 0 Å². The molecule has 3 aromatic rings. The van der Waals surface area contributed by atoms with Gasteiger partial charge in [0, 0.05) is 0 Å². The van der Waals surface area contributed by atoms with Gasteiger partial charge in [-0.05, 0) is 0 Å². The van der Waals surface area contributed by atoms with Gasteiger partial charge in [0.25, 0.3) is 0 Å². The predicted molar refractivity (Wildman–Crippen MR) is 164 cm³/mol. The molecule has 4 heteroatoms. The van der Waals surface area contributed by atoms with E-state index in [1.165, 1.54) is 11.1 Å². The van der Waals surface area contributed by atoms with Gasteiger partial charge in [0.05, 0.1) is 0 Å². The summed E-state index contributed by atoms with van der Waals surface area (Å²) in [6.45, 7) is 26.1. The Morgan fingerprint density at radius 1 is 0.579 bits per heavy atom. The summed E-state index contributed by atoms with van der Waals surface area (Å²) in [5.41, 5.74) is 8.44. The van der Waals surface area contributed by atoms with Crippen LogP contribution in [0.5, 0.6) is 11.5 Å². The number of rotatable bonds is 1. The Balaban J connectivity index is 2.13. The minimum atomic E-state index is -4.03. The van der Waals surface area contributed by atoms with E-state index in [0.717, 1.165) is 50.2 Å². The Labute approximate surface area is 231 Å². The van der Waals surface area contributed by atoms with Crippen molar-refractivity contribution >= 4 is 13.2 Å². The third-order valence-electron chi connectivity index (χ3n) is 7.42. The molecule has 3 aromatic carbocycles. The predicted octanol–water partition coefficient (Wildman–Crippen LogP) is 8.68. The van der Waals surface area contributed by atoms with Crippen molar-refractivity contribution in [2.24, 2.45) is 0 Å². The first-order chi connectivity index (χ1) is 17.3. The van der Waals surface area contributed by atoms with Gasteiger partial charge in [-0.3, -0.25) is 0 Å². The molecule has 0 saturated carbocycles. The number of hydrogen-bond acceptors (Lipinski definition) is 3. The first-order valence-electron chi connectivity index (χ1n) is 13.8. The molecule has 3 nitrogen and oxygen atoms in total. The summed E-state index contributed by atoms with van der Waals surface area (Å²) in [4.78, 5) is 12.8. The molecule has 0 radical (unpaired) electrons. The summed E-state index contributed by atoms with van der Waals surface area (Å²) in [5.74, 6) is 1.53. The van der Waals surface area contributed by atoms with E-state index in [2.05, 4.69) is 119 Å². The minimum absolute atomic E-state index is 0.170. The van der Waals surface area contributed by atoms with E-state index >= 15 is 0 Å². The van der Waals surface area contributed by atoms with Crippen LogP contribution in [-0.4, -0.2) is 4.89 Å². The quantitative estimate of drug-likeness (QED) is 0.317. The van der Waals surface area contributed by atoms with E-state index in [4.69, 9.17) is 9.05 Å². The summed E-state index contributed by atoms with van der Waals surface area (Å²) in [6, 6.07) is 15.1. The zero-order valence-corrected chi connectivity index (χ0v) is 26.5. The maximum atomic E-state index is 12.8. The number of aryl methyl sites for hydroxylation is 3. The Bertz CT molecular complexity index is 1310. The molecule has 0 fully saturated rings. The molecule has 0 unspecified atom stereocenters. The fraction of sp³-hybridized carbons (Fsp3) is 0.471. The van der Waals surface area contributed by atoms with Crippen molar-refractivity contribution in [1.82, 2.24) is 0 Å². The van der Waals surface area contributed by atoms with Crippen LogP contribution in [0.4, 0.5) is 0 Å². The number of fused-ring (bicyclic) bond motifs is 2. The Morgan fingerprint density at radius 3 is 1.37 bits per heavy atom. The summed E-state index contributed by atoms with van der Waals surface area (Å²) in [7, 11) is -4.03. The van der Waals surface area contributed by atoms with Crippen molar-refractivity contribution in [2.75, 3.05) is 0 Å². The van der Waals surface area contributed by atoms with E-state index in [1.54, 1.807) is 0 Å². The van der Waals surface area contributed by atoms with Gasteiger partial charge in [0.1, 0.15) is 0 Å². The summed E-state index contributed by atoms with van der Waals surface area (Å²) < 4.78 is 13.9. The van der Waals surface area contributed by atoms with E-state index in [-0.39, 0.29) is 16.2 Å². The van der Waals surface area contributed by atoms with Gasteiger partial charge >= 0.3 is 231 Å². The molecule has 0 atom stereocenters. The molecule has 1 aliphatic rings. The zero-order valence-electron chi connectivity index (χ0n) is 25.5. The van der Waals surface area contributed by atoms with Crippen LogP contribution in [0.25, 0.3) is 0 Å². The monoisotopic (exact) mass is 534 g/mol. The molecular weight excluding hydrogens is 487 g/mol. The average molecular weight is 535 g/mol. The van der Waals surface area contributed by atoms with E-state index in [9.17, 15) is 4.89 Å². The molecule has 206 valence electrons. The first kappa shape index (κ1) is 28.7. The van der Waals surface area contributed by atoms with Crippen LogP contribution in [0.2, 0.25) is 0 Å². The van der Waals surface area contributed by atoms with Crippen molar-refractivity contribution in [1.29, 1.82) is 0 Å².